The summed E-state index contributed by atoms with van der Waals surface area (Å²) in [4.78, 5) is 74.4. The molecule has 4 aliphatic rings. The number of hydrogen-bond acceptors (Lipinski definition) is 10. The van der Waals surface area contributed by atoms with E-state index in [2.05, 4.69) is 83.0 Å². The van der Waals surface area contributed by atoms with Gasteiger partial charge >= 0.3 is 12.2 Å². The Kier molecular flexibility index (Phi) is 14.2. The lowest BCUT2D eigenvalue weighted by atomic mass is 9.85. The van der Waals surface area contributed by atoms with E-state index in [4.69, 9.17) is 28.9 Å². The van der Waals surface area contributed by atoms with Crippen LogP contribution in [0.3, 0.4) is 0 Å². The van der Waals surface area contributed by atoms with Gasteiger partial charge in [0.2, 0.25) is 11.8 Å². The Morgan fingerprint density at radius 2 is 0.894 bits per heavy atom. The summed E-state index contributed by atoms with van der Waals surface area (Å²) in [5.41, 5.74) is 5.54. The number of nitrogens with one attached hydrogen (secondary N) is 4. The second-order valence-corrected chi connectivity index (χ2v) is 19.1. The fourth-order valence-electron chi connectivity index (χ4n) is 11.1. The molecule has 16 nitrogen and oxygen atoms in total. The average Bonchev–Trinajstić information content (AvgIpc) is 4.13. The van der Waals surface area contributed by atoms with Crippen molar-refractivity contribution < 1.29 is 38.1 Å². The fourth-order valence-corrected chi connectivity index (χ4v) is 11.1. The Labute approximate surface area is 387 Å². The minimum Gasteiger partial charge on any atom is -0.453 e. The molecule has 0 bridgehead atoms. The van der Waals surface area contributed by atoms with Gasteiger partial charge in [0, 0.05) is 35.6 Å². The normalized spacial score (nSPS) is 28.7. The number of amides is 4. The van der Waals surface area contributed by atoms with Crippen LogP contribution < -0.4 is 10.6 Å². The van der Waals surface area contributed by atoms with E-state index in [1.165, 1.54) is 14.2 Å². The van der Waals surface area contributed by atoms with E-state index in [1.807, 2.05) is 49.9 Å². The highest BCUT2D eigenvalue weighted by Crippen LogP contribution is 2.40. The van der Waals surface area contributed by atoms with Gasteiger partial charge in [-0.05, 0) is 116 Å². The third-order valence-electron chi connectivity index (χ3n) is 14.2. The first-order valence-electron chi connectivity index (χ1n) is 23.7. The fraction of sp³-hybridized carbons (Fsp3) is 0.560. The van der Waals surface area contributed by atoms with Crippen LogP contribution in [-0.2, 0) is 28.5 Å². The van der Waals surface area contributed by atoms with Crippen molar-refractivity contribution in [1.82, 2.24) is 40.4 Å². The van der Waals surface area contributed by atoms with Gasteiger partial charge in [0.25, 0.3) is 0 Å². The zero-order valence-electron chi connectivity index (χ0n) is 39.4. The first-order valence-corrected chi connectivity index (χ1v) is 23.7. The lowest BCUT2D eigenvalue weighted by Crippen LogP contribution is -2.55. The summed E-state index contributed by atoms with van der Waals surface area (Å²) >= 11 is 0. The molecule has 4 N–H and O–H groups in total. The molecular formula is C50H66N8O8. The number of hydrogen-bond donors (Lipinski definition) is 4. The number of benzene rings is 2. The molecule has 0 saturated carbocycles. The van der Waals surface area contributed by atoms with Crippen LogP contribution in [0.2, 0.25) is 0 Å². The first kappa shape index (κ1) is 46.8. The molecule has 4 fully saturated rings. The van der Waals surface area contributed by atoms with E-state index < -0.39 is 24.3 Å². The van der Waals surface area contributed by atoms with E-state index in [0.29, 0.717) is 25.7 Å². The van der Waals surface area contributed by atoms with Gasteiger partial charge in [0.1, 0.15) is 23.7 Å². The van der Waals surface area contributed by atoms with Crippen molar-refractivity contribution in [2.24, 2.45) is 11.8 Å². The third kappa shape index (κ3) is 9.99. The predicted molar refractivity (Wildman–Crippen MR) is 248 cm³/mol. The summed E-state index contributed by atoms with van der Waals surface area (Å²) in [6.07, 6.45) is 8.23. The van der Waals surface area contributed by atoms with Crippen LogP contribution in [0.5, 0.6) is 0 Å². The van der Waals surface area contributed by atoms with Gasteiger partial charge in [-0.15, -0.1) is 0 Å². The molecule has 0 spiro atoms. The van der Waals surface area contributed by atoms with Crippen LogP contribution in [0.15, 0.2) is 60.9 Å². The Bertz CT molecular complexity index is 2150. The molecule has 6 heterocycles. The van der Waals surface area contributed by atoms with Gasteiger partial charge in [-0.1, -0.05) is 48.5 Å². The van der Waals surface area contributed by atoms with Gasteiger partial charge in [-0.25, -0.2) is 19.6 Å². The number of likely N-dealkylation sites (tertiary alicyclic amines) is 2. The zero-order chi connectivity index (χ0) is 46.8. The van der Waals surface area contributed by atoms with E-state index >= 15 is 0 Å². The topological polar surface area (TPSA) is 193 Å². The van der Waals surface area contributed by atoms with Crippen LogP contribution in [-0.4, -0.2) is 117 Å². The molecule has 4 aromatic rings. The Morgan fingerprint density at radius 1 is 0.561 bits per heavy atom. The summed E-state index contributed by atoms with van der Waals surface area (Å²) in [5, 5.41) is 5.75. The van der Waals surface area contributed by atoms with Crippen molar-refractivity contribution in [3.05, 3.63) is 72.6 Å². The number of alkyl carbamates (subject to hydrolysis) is 2. The van der Waals surface area contributed by atoms with E-state index in [-0.39, 0.29) is 72.2 Å². The number of carbonyl (C=O) groups is 4. The first-order chi connectivity index (χ1) is 31.7. The van der Waals surface area contributed by atoms with Crippen molar-refractivity contribution in [3.63, 3.8) is 0 Å². The maximum atomic E-state index is 14.4. The summed E-state index contributed by atoms with van der Waals surface area (Å²) in [5.74, 6) is 1.01. The number of nitrogens with zero attached hydrogens (tertiary/aromatic N) is 4. The highest BCUT2D eigenvalue weighted by molar-refractivity contribution is 5.88. The number of ether oxygens (including phenoxy) is 4. The van der Waals surface area contributed by atoms with Crippen molar-refractivity contribution in [2.75, 3.05) is 14.2 Å². The smallest absolute Gasteiger partial charge is 0.407 e. The molecule has 8 rings (SSSR count). The highest BCUT2D eigenvalue weighted by atomic mass is 16.5. The lowest BCUT2D eigenvalue weighted by Gasteiger charge is -2.39. The van der Waals surface area contributed by atoms with Crippen LogP contribution in [0.1, 0.15) is 117 Å². The lowest BCUT2D eigenvalue weighted by molar-refractivity contribution is -0.141. The summed E-state index contributed by atoms with van der Waals surface area (Å²) in [7, 11) is 2.63. The molecule has 0 unspecified atom stereocenters. The minimum absolute atomic E-state index is 0.0243. The van der Waals surface area contributed by atoms with Gasteiger partial charge in [0.15, 0.2) is 0 Å². The van der Waals surface area contributed by atoms with Gasteiger partial charge in [-0.2, -0.15) is 0 Å². The second kappa shape index (κ2) is 20.0. The molecule has 0 aliphatic carbocycles. The number of aromatic amines is 2. The number of aromatic nitrogens is 4. The van der Waals surface area contributed by atoms with Crippen LogP contribution in [0.25, 0.3) is 33.6 Å². The number of carbonyl (C=O) groups excluding carboxylic acids is 4. The van der Waals surface area contributed by atoms with Gasteiger partial charge in [0.05, 0.1) is 62.1 Å². The van der Waals surface area contributed by atoms with E-state index in [0.717, 1.165) is 71.0 Å². The maximum absolute atomic E-state index is 14.4. The summed E-state index contributed by atoms with van der Waals surface area (Å²) in [6.45, 7) is 12.1. The molecule has 4 saturated heterocycles. The number of methoxy groups -OCH3 is 2. The van der Waals surface area contributed by atoms with Crippen molar-refractivity contribution in [2.45, 2.75) is 154 Å². The highest BCUT2D eigenvalue weighted by Gasteiger charge is 2.46. The van der Waals surface area contributed by atoms with Gasteiger partial charge < -0.3 is 49.3 Å². The molecular weight excluding hydrogens is 841 g/mol. The standard InChI is InChI=1S/C50H66N8O8/c1-27-9-19-41(57(27)47(59)43(55-49(61)63-7)37-21-29(3)65-30(4)22-37)45-51-25-39(53-45)35-15-11-33(12-16-35)34-13-17-36(18-14-34)40-26-52-46(54-40)42-20-10-28(2)58(42)48(60)44(56-50(62)64-8)38-23-31(5)66-32(6)24-38/h11-18,25-32,37-38,41-44H,9-10,19-24H2,1-8H3,(H,51,53)(H,52,54)(H,55,61)(H,56,62)/t27-,28-,29-,30+,31-,32+,37+,38+,41-,42-,43-,44-/m0/s1. The van der Waals surface area contributed by atoms with Crippen molar-refractivity contribution >= 4 is 24.0 Å². The molecule has 16 heteroatoms. The Hall–Kier alpha value is -5.74. The average molecular weight is 907 g/mol. The molecule has 4 amide bonds. The molecule has 66 heavy (non-hydrogen) atoms. The number of H-pyrrole nitrogens is 2. The van der Waals surface area contributed by atoms with Crippen molar-refractivity contribution in [1.29, 1.82) is 0 Å². The summed E-state index contributed by atoms with van der Waals surface area (Å²) < 4.78 is 21.8. The van der Waals surface area contributed by atoms with Crippen LogP contribution in [0, 0.1) is 11.8 Å². The largest absolute Gasteiger partial charge is 0.453 e. The van der Waals surface area contributed by atoms with Crippen LogP contribution >= 0.6 is 0 Å². The maximum Gasteiger partial charge on any atom is 0.407 e. The summed E-state index contributed by atoms with van der Waals surface area (Å²) in [6, 6.07) is 14.5. The molecule has 12 atom stereocenters. The van der Waals surface area contributed by atoms with E-state index in [9.17, 15) is 19.2 Å². The molecule has 0 radical (unpaired) electrons. The minimum atomic E-state index is -0.737. The zero-order valence-corrected chi connectivity index (χ0v) is 39.4. The molecule has 2 aromatic carbocycles. The molecule has 4 aliphatic heterocycles. The Morgan fingerprint density at radius 3 is 1.23 bits per heavy atom. The monoisotopic (exact) mass is 907 g/mol. The van der Waals surface area contributed by atoms with E-state index in [1.54, 1.807) is 0 Å². The quantitative estimate of drug-likeness (QED) is 0.114. The van der Waals surface area contributed by atoms with Gasteiger partial charge in [-0.3, -0.25) is 9.59 Å². The molecule has 354 valence electrons. The Balaban J connectivity index is 0.936. The van der Waals surface area contributed by atoms with Crippen LogP contribution in [0.4, 0.5) is 9.59 Å². The SMILES string of the molecule is COC(=O)N[C@H](C(=O)N1[C@@H](C)CC[C@H]1c1nc(-c2ccc(-c3ccc(-c4c[nH]c([C@@H]5CC[C@H](C)N5C(=O)[C@@H](NC(=O)OC)[C@H]5C[C@@H](C)O[C@@H](C)C5)n4)cc3)cc2)c[nH]1)[C@H]1C[C@@H](C)O[C@@H](C)C1. The number of rotatable bonds is 11. The third-order valence-corrected chi connectivity index (χ3v) is 14.2. The second-order valence-electron chi connectivity index (χ2n) is 19.1. The van der Waals surface area contributed by atoms with Crippen molar-refractivity contribution in [3.8, 4) is 33.6 Å². The number of imidazole rings is 2. The molecule has 2 aromatic heterocycles. The predicted octanol–water partition coefficient (Wildman–Crippen LogP) is 8.09.